The van der Waals surface area contributed by atoms with E-state index in [0.717, 1.165) is 16.7 Å². The summed E-state index contributed by atoms with van der Waals surface area (Å²) in [5.74, 6) is 0. The van der Waals surface area contributed by atoms with E-state index in [4.69, 9.17) is 0 Å². The summed E-state index contributed by atoms with van der Waals surface area (Å²) in [6.07, 6.45) is 0. The van der Waals surface area contributed by atoms with Gasteiger partial charge in [-0.1, -0.05) is 54.1 Å². The van der Waals surface area contributed by atoms with Crippen molar-refractivity contribution in [3.63, 3.8) is 0 Å². The molecule has 2 aliphatic carbocycles. The van der Waals surface area contributed by atoms with E-state index in [1.807, 2.05) is 55.5 Å². The highest BCUT2D eigenvalue weighted by Gasteiger charge is 2.23. The van der Waals surface area contributed by atoms with Crippen molar-refractivity contribution in [1.29, 1.82) is 0 Å². The molecule has 3 rings (SSSR count). The minimum absolute atomic E-state index is 0.335. The van der Waals surface area contributed by atoms with Crippen molar-refractivity contribution in [2.75, 3.05) is 0 Å². The summed E-state index contributed by atoms with van der Waals surface area (Å²) in [7, 11) is -3.47. The first-order valence-electron chi connectivity index (χ1n) is 6.38. The zero-order chi connectivity index (χ0) is 14.2. The number of hydrogen-bond donors (Lipinski definition) is 0. The van der Waals surface area contributed by atoms with E-state index < -0.39 is 9.84 Å². The van der Waals surface area contributed by atoms with Crippen LogP contribution >= 0.6 is 0 Å². The van der Waals surface area contributed by atoms with Crippen molar-refractivity contribution in [2.45, 2.75) is 16.7 Å². The molecular formula is C17H14O2S. The molecule has 0 radical (unpaired) electrons. The molecule has 2 nitrogen and oxygen atoms in total. The van der Waals surface area contributed by atoms with Gasteiger partial charge in [-0.25, -0.2) is 8.42 Å². The van der Waals surface area contributed by atoms with Gasteiger partial charge in [0.1, 0.15) is 0 Å². The van der Waals surface area contributed by atoms with Gasteiger partial charge in [0.15, 0.2) is 0 Å². The van der Waals surface area contributed by atoms with Gasteiger partial charge in [-0.15, -0.1) is 0 Å². The molecule has 0 spiro atoms. The van der Waals surface area contributed by atoms with Gasteiger partial charge in [0.2, 0.25) is 9.84 Å². The molecule has 100 valence electrons. The molecule has 0 unspecified atom stereocenters. The second-order valence-corrected chi connectivity index (χ2v) is 6.71. The Kier molecular flexibility index (Phi) is 3.07. The maximum absolute atomic E-state index is 12.7. The van der Waals surface area contributed by atoms with Gasteiger partial charge >= 0.3 is 0 Å². The molecule has 0 aromatic heterocycles. The third-order valence-electron chi connectivity index (χ3n) is 3.37. The average molecular weight is 282 g/mol. The fraction of sp³-hybridized carbons (Fsp3) is 0.0588. The van der Waals surface area contributed by atoms with Gasteiger partial charge < -0.3 is 0 Å². The predicted octanol–water partition coefficient (Wildman–Crippen LogP) is 3.93. The second-order valence-electron chi connectivity index (χ2n) is 4.79. The predicted molar refractivity (Wildman–Crippen MR) is 79.7 cm³/mol. The van der Waals surface area contributed by atoms with Gasteiger partial charge in [-0.3, -0.25) is 0 Å². The topological polar surface area (TPSA) is 34.1 Å². The fourth-order valence-corrected chi connectivity index (χ4v) is 3.74. The van der Waals surface area contributed by atoms with E-state index in [9.17, 15) is 8.42 Å². The summed E-state index contributed by atoms with van der Waals surface area (Å²) in [4.78, 5) is 0.703. The summed E-state index contributed by atoms with van der Waals surface area (Å²) in [6.45, 7) is 1.94. The third kappa shape index (κ3) is 2.10. The Labute approximate surface area is 119 Å². The zero-order valence-corrected chi connectivity index (χ0v) is 11.9. The molecule has 0 bridgehead atoms. The van der Waals surface area contributed by atoms with Crippen LogP contribution in [0.1, 0.15) is 5.56 Å². The Balaban J connectivity index is 2.19. The number of sulfone groups is 1. The monoisotopic (exact) mass is 282 g/mol. The van der Waals surface area contributed by atoms with Gasteiger partial charge in [0.25, 0.3) is 0 Å². The van der Waals surface area contributed by atoms with Crippen LogP contribution in [0.3, 0.4) is 0 Å². The van der Waals surface area contributed by atoms with E-state index >= 15 is 0 Å². The molecule has 0 N–H and O–H groups in total. The molecule has 0 saturated heterocycles. The average Bonchev–Trinajstić information content (AvgIpc) is 2.70. The van der Waals surface area contributed by atoms with Gasteiger partial charge in [0.05, 0.1) is 9.79 Å². The Bertz CT molecular complexity index is 818. The van der Waals surface area contributed by atoms with Crippen molar-refractivity contribution < 1.29 is 8.42 Å². The molecular weight excluding hydrogens is 268 g/mol. The summed E-state index contributed by atoms with van der Waals surface area (Å²) < 4.78 is 25.4. The first-order valence-corrected chi connectivity index (χ1v) is 7.87. The lowest BCUT2D eigenvalue weighted by molar-refractivity contribution is 0.596. The standard InChI is InChI=1S/C17H14O2S/c1-13-7-10-15(11-8-13)20(18,19)17-12-9-14-5-3-2-4-6-16(14)17/h2-12H,1H3. The lowest BCUT2D eigenvalue weighted by Crippen LogP contribution is -2.01. The molecule has 1 aromatic rings. The maximum atomic E-state index is 12.7. The summed E-state index contributed by atoms with van der Waals surface area (Å²) in [5, 5.41) is 0. The van der Waals surface area contributed by atoms with Crippen LogP contribution < -0.4 is 0 Å². The SMILES string of the molecule is Cc1ccc(S(=O)(=O)c2ccc3cccccc2-3)cc1. The number of rotatable bonds is 2. The first-order chi connectivity index (χ1) is 9.59. The quantitative estimate of drug-likeness (QED) is 0.713. The summed E-state index contributed by atoms with van der Waals surface area (Å²) in [6, 6.07) is 19.9. The lowest BCUT2D eigenvalue weighted by atomic mass is 10.2. The highest BCUT2D eigenvalue weighted by atomic mass is 32.2. The van der Waals surface area contributed by atoms with Gasteiger partial charge in [-0.2, -0.15) is 0 Å². The van der Waals surface area contributed by atoms with Crippen LogP contribution in [0.2, 0.25) is 0 Å². The van der Waals surface area contributed by atoms with E-state index in [0.29, 0.717) is 9.79 Å². The van der Waals surface area contributed by atoms with E-state index in [2.05, 4.69) is 0 Å². The van der Waals surface area contributed by atoms with Crippen molar-refractivity contribution in [3.8, 4) is 11.1 Å². The van der Waals surface area contributed by atoms with Crippen molar-refractivity contribution in [2.24, 2.45) is 0 Å². The van der Waals surface area contributed by atoms with Crippen LogP contribution in [-0.2, 0) is 9.84 Å². The summed E-state index contributed by atoms with van der Waals surface area (Å²) >= 11 is 0. The smallest absolute Gasteiger partial charge is 0.207 e. The highest BCUT2D eigenvalue weighted by Crippen LogP contribution is 2.33. The van der Waals surface area contributed by atoms with Crippen LogP contribution in [0.25, 0.3) is 11.1 Å². The molecule has 3 heteroatoms. The number of aryl methyl sites for hydroxylation is 1. The fourth-order valence-electron chi connectivity index (χ4n) is 2.26. The van der Waals surface area contributed by atoms with Gasteiger partial charge in [-0.05, 0) is 30.7 Å². The maximum Gasteiger partial charge on any atom is 0.207 e. The van der Waals surface area contributed by atoms with E-state index in [1.165, 1.54) is 0 Å². The van der Waals surface area contributed by atoms with Crippen LogP contribution in [0.5, 0.6) is 0 Å². The Morgan fingerprint density at radius 3 is 2.20 bits per heavy atom. The number of fused-ring (bicyclic) bond motifs is 1. The molecule has 0 amide bonds. The minimum atomic E-state index is -3.47. The summed E-state index contributed by atoms with van der Waals surface area (Å²) in [5.41, 5.74) is 2.74. The second kappa shape index (κ2) is 4.76. The Morgan fingerprint density at radius 2 is 1.45 bits per heavy atom. The normalized spacial score (nSPS) is 11.7. The third-order valence-corrected chi connectivity index (χ3v) is 5.20. The molecule has 20 heavy (non-hydrogen) atoms. The van der Waals surface area contributed by atoms with Crippen LogP contribution in [0, 0.1) is 6.92 Å². The molecule has 1 aromatic carbocycles. The van der Waals surface area contributed by atoms with Crippen LogP contribution in [-0.4, -0.2) is 8.42 Å². The first kappa shape index (κ1) is 12.9. The highest BCUT2D eigenvalue weighted by molar-refractivity contribution is 7.91. The van der Waals surface area contributed by atoms with Crippen LogP contribution in [0.4, 0.5) is 0 Å². The van der Waals surface area contributed by atoms with Crippen LogP contribution in [0.15, 0.2) is 76.5 Å². The number of hydrogen-bond acceptors (Lipinski definition) is 2. The number of benzene rings is 1. The molecule has 0 heterocycles. The van der Waals surface area contributed by atoms with Gasteiger partial charge in [0, 0.05) is 5.56 Å². The lowest BCUT2D eigenvalue weighted by Gasteiger charge is -2.05. The molecule has 0 atom stereocenters. The zero-order valence-electron chi connectivity index (χ0n) is 11.1. The Hall–Kier alpha value is -2.13. The molecule has 2 aliphatic rings. The van der Waals surface area contributed by atoms with Crippen molar-refractivity contribution in [3.05, 3.63) is 72.3 Å². The minimum Gasteiger partial charge on any atom is -0.218 e. The van der Waals surface area contributed by atoms with E-state index in [-0.39, 0.29) is 0 Å². The molecule has 0 fully saturated rings. The van der Waals surface area contributed by atoms with E-state index in [1.54, 1.807) is 18.2 Å². The molecule has 0 aliphatic heterocycles. The van der Waals surface area contributed by atoms with Crippen molar-refractivity contribution >= 4 is 9.84 Å². The largest absolute Gasteiger partial charge is 0.218 e. The van der Waals surface area contributed by atoms with Crippen molar-refractivity contribution in [1.82, 2.24) is 0 Å². The molecule has 0 saturated carbocycles. The Morgan fingerprint density at radius 1 is 0.750 bits per heavy atom.